The topological polar surface area (TPSA) is 26.3 Å². The number of ether oxygens (including phenoxy) is 1. The number of esters is 1. The highest BCUT2D eigenvalue weighted by molar-refractivity contribution is 5.90. The summed E-state index contributed by atoms with van der Waals surface area (Å²) in [5.74, 6) is -0.286. The van der Waals surface area contributed by atoms with Gasteiger partial charge < -0.3 is 4.74 Å². The number of rotatable bonds is 5. The van der Waals surface area contributed by atoms with Crippen LogP contribution in [0.5, 0.6) is 0 Å². The molecule has 0 aromatic heterocycles. The van der Waals surface area contributed by atoms with Gasteiger partial charge >= 0.3 is 5.97 Å². The first kappa shape index (κ1) is 17.0. The lowest BCUT2D eigenvalue weighted by Gasteiger charge is -2.16. The summed E-state index contributed by atoms with van der Waals surface area (Å²) in [7, 11) is 0. The van der Waals surface area contributed by atoms with E-state index in [2.05, 4.69) is 31.2 Å². The molecule has 0 radical (unpaired) electrons. The van der Waals surface area contributed by atoms with Gasteiger partial charge in [-0.3, -0.25) is 0 Å². The zero-order chi connectivity index (χ0) is 17.6. The Labute approximate surface area is 149 Å². The molecule has 2 heteroatoms. The van der Waals surface area contributed by atoms with Crippen molar-refractivity contribution in [3.63, 3.8) is 0 Å². The maximum Gasteiger partial charge on any atom is 0.338 e. The van der Waals surface area contributed by atoms with E-state index >= 15 is 0 Å². The molecule has 25 heavy (non-hydrogen) atoms. The third kappa shape index (κ3) is 4.16. The Kier molecular flexibility index (Phi) is 5.30. The van der Waals surface area contributed by atoms with Gasteiger partial charge in [-0.2, -0.15) is 0 Å². The molecule has 3 aromatic carbocycles. The molecule has 1 atom stereocenters. The standard InChI is InChI=1S/C23H22O2/c1-3-22(20-7-5-4-6-8-20)25-23(24)21-15-13-19(14-16-21)18-11-9-17(2)10-12-18/h4-16,22H,3H2,1-2H3/t22-/m1/s1. The fraction of sp³-hybridized carbons (Fsp3) is 0.174. The number of aryl methyl sites for hydroxylation is 1. The molecule has 0 bridgehead atoms. The third-order valence-corrected chi connectivity index (χ3v) is 4.30. The van der Waals surface area contributed by atoms with E-state index in [9.17, 15) is 4.79 Å². The average Bonchev–Trinajstić information content (AvgIpc) is 2.67. The molecular formula is C23H22O2. The Morgan fingerprint density at radius 2 is 1.40 bits per heavy atom. The highest BCUT2D eigenvalue weighted by Crippen LogP contribution is 2.24. The zero-order valence-electron chi connectivity index (χ0n) is 14.6. The van der Waals surface area contributed by atoms with Crippen molar-refractivity contribution >= 4 is 5.97 Å². The van der Waals surface area contributed by atoms with Crippen LogP contribution < -0.4 is 0 Å². The van der Waals surface area contributed by atoms with Crippen LogP contribution in [0.3, 0.4) is 0 Å². The van der Waals surface area contributed by atoms with Crippen LogP contribution >= 0.6 is 0 Å². The normalized spacial score (nSPS) is 11.8. The minimum absolute atomic E-state index is 0.217. The van der Waals surface area contributed by atoms with Crippen LogP contribution in [0.15, 0.2) is 78.9 Å². The van der Waals surface area contributed by atoms with E-state index in [1.54, 1.807) is 0 Å². The molecule has 3 aromatic rings. The van der Waals surface area contributed by atoms with Crippen molar-refractivity contribution in [2.24, 2.45) is 0 Å². The highest BCUT2D eigenvalue weighted by Gasteiger charge is 2.16. The molecule has 126 valence electrons. The van der Waals surface area contributed by atoms with Crippen LogP contribution in [-0.4, -0.2) is 5.97 Å². The quantitative estimate of drug-likeness (QED) is 0.539. The first-order valence-corrected chi connectivity index (χ1v) is 8.60. The summed E-state index contributed by atoms with van der Waals surface area (Å²) in [4.78, 5) is 12.5. The lowest BCUT2D eigenvalue weighted by Crippen LogP contribution is -2.11. The van der Waals surface area contributed by atoms with E-state index in [4.69, 9.17) is 4.74 Å². The summed E-state index contributed by atoms with van der Waals surface area (Å²) in [6.45, 7) is 4.09. The molecule has 0 unspecified atom stereocenters. The predicted molar refractivity (Wildman–Crippen MR) is 102 cm³/mol. The van der Waals surface area contributed by atoms with Crippen LogP contribution in [0.25, 0.3) is 11.1 Å². The second-order valence-electron chi connectivity index (χ2n) is 6.16. The monoisotopic (exact) mass is 330 g/mol. The summed E-state index contributed by atoms with van der Waals surface area (Å²) in [5, 5.41) is 0. The van der Waals surface area contributed by atoms with Gasteiger partial charge in [-0.05, 0) is 42.2 Å². The number of benzene rings is 3. The Hall–Kier alpha value is -2.87. The minimum Gasteiger partial charge on any atom is -0.454 e. The highest BCUT2D eigenvalue weighted by atomic mass is 16.5. The molecule has 0 aliphatic carbocycles. The van der Waals surface area contributed by atoms with E-state index in [1.165, 1.54) is 5.56 Å². The Morgan fingerprint density at radius 3 is 1.96 bits per heavy atom. The largest absolute Gasteiger partial charge is 0.454 e. The van der Waals surface area contributed by atoms with E-state index in [0.717, 1.165) is 23.1 Å². The number of hydrogen-bond acceptors (Lipinski definition) is 2. The second-order valence-corrected chi connectivity index (χ2v) is 6.16. The van der Waals surface area contributed by atoms with Crippen LogP contribution in [-0.2, 0) is 4.74 Å². The van der Waals surface area contributed by atoms with Crippen molar-refractivity contribution in [1.29, 1.82) is 0 Å². The van der Waals surface area contributed by atoms with Gasteiger partial charge in [-0.15, -0.1) is 0 Å². The van der Waals surface area contributed by atoms with Crippen molar-refractivity contribution < 1.29 is 9.53 Å². The van der Waals surface area contributed by atoms with Gasteiger partial charge in [0.2, 0.25) is 0 Å². The number of hydrogen-bond donors (Lipinski definition) is 0. The third-order valence-electron chi connectivity index (χ3n) is 4.30. The first-order chi connectivity index (χ1) is 12.2. The number of carbonyl (C=O) groups excluding carboxylic acids is 1. The summed E-state index contributed by atoms with van der Waals surface area (Å²) in [5.41, 5.74) is 5.06. The summed E-state index contributed by atoms with van der Waals surface area (Å²) in [6, 6.07) is 25.8. The van der Waals surface area contributed by atoms with Crippen LogP contribution in [0.1, 0.15) is 40.9 Å². The maximum atomic E-state index is 12.5. The molecular weight excluding hydrogens is 308 g/mol. The lowest BCUT2D eigenvalue weighted by molar-refractivity contribution is 0.0288. The molecule has 0 fully saturated rings. The van der Waals surface area contributed by atoms with Crippen LogP contribution in [0.2, 0.25) is 0 Å². The molecule has 0 saturated heterocycles. The van der Waals surface area contributed by atoms with E-state index in [1.807, 2.05) is 61.5 Å². The lowest BCUT2D eigenvalue weighted by atomic mass is 10.0. The van der Waals surface area contributed by atoms with Crippen LogP contribution in [0.4, 0.5) is 0 Å². The van der Waals surface area contributed by atoms with Gasteiger partial charge in [0, 0.05) is 0 Å². The van der Waals surface area contributed by atoms with Crippen molar-refractivity contribution in [3.05, 3.63) is 95.6 Å². The Bertz CT molecular complexity index is 818. The summed E-state index contributed by atoms with van der Waals surface area (Å²) < 4.78 is 5.69. The Morgan fingerprint density at radius 1 is 0.840 bits per heavy atom. The molecule has 2 nitrogen and oxygen atoms in total. The van der Waals surface area contributed by atoms with Gasteiger partial charge in [0.1, 0.15) is 6.10 Å². The van der Waals surface area contributed by atoms with E-state index in [-0.39, 0.29) is 12.1 Å². The van der Waals surface area contributed by atoms with E-state index in [0.29, 0.717) is 5.56 Å². The minimum atomic E-state index is -0.286. The van der Waals surface area contributed by atoms with Gasteiger partial charge in [-0.25, -0.2) is 4.79 Å². The molecule has 0 aliphatic heterocycles. The van der Waals surface area contributed by atoms with Gasteiger partial charge in [0.05, 0.1) is 5.56 Å². The van der Waals surface area contributed by atoms with Gasteiger partial charge in [0.15, 0.2) is 0 Å². The fourth-order valence-corrected chi connectivity index (χ4v) is 2.80. The molecule has 0 N–H and O–H groups in total. The van der Waals surface area contributed by atoms with Crippen molar-refractivity contribution in [2.45, 2.75) is 26.4 Å². The van der Waals surface area contributed by atoms with Gasteiger partial charge in [-0.1, -0.05) is 79.2 Å². The SMILES string of the molecule is CC[C@@H](OC(=O)c1ccc(-c2ccc(C)cc2)cc1)c1ccccc1. The zero-order valence-corrected chi connectivity index (χ0v) is 14.6. The van der Waals surface area contributed by atoms with Crippen LogP contribution in [0, 0.1) is 6.92 Å². The molecule has 3 rings (SSSR count). The molecule has 0 heterocycles. The molecule has 0 saturated carbocycles. The number of carbonyl (C=O) groups is 1. The second kappa shape index (κ2) is 7.80. The maximum absolute atomic E-state index is 12.5. The summed E-state index contributed by atoms with van der Waals surface area (Å²) >= 11 is 0. The summed E-state index contributed by atoms with van der Waals surface area (Å²) in [6.07, 6.45) is 0.530. The first-order valence-electron chi connectivity index (χ1n) is 8.60. The van der Waals surface area contributed by atoms with E-state index < -0.39 is 0 Å². The Balaban J connectivity index is 1.73. The molecule has 0 amide bonds. The van der Waals surface area contributed by atoms with Crippen molar-refractivity contribution in [2.75, 3.05) is 0 Å². The average molecular weight is 330 g/mol. The van der Waals surface area contributed by atoms with Crippen molar-refractivity contribution in [3.8, 4) is 11.1 Å². The predicted octanol–water partition coefficient (Wildman–Crippen LogP) is 5.97. The van der Waals surface area contributed by atoms with Crippen molar-refractivity contribution in [1.82, 2.24) is 0 Å². The molecule has 0 aliphatic rings. The smallest absolute Gasteiger partial charge is 0.338 e. The molecule has 0 spiro atoms. The van der Waals surface area contributed by atoms with Gasteiger partial charge in [0.25, 0.3) is 0 Å². The fourth-order valence-electron chi connectivity index (χ4n) is 2.80.